The Balaban J connectivity index is 1.79. The number of anilines is 1. The smallest absolute Gasteiger partial charge is 0.325 e. The first-order valence-electron chi connectivity index (χ1n) is 6.77. The normalized spacial score (nSPS) is 13.7. The number of hydrogen-bond acceptors (Lipinski definition) is 4. The molecule has 0 aromatic heterocycles. The Morgan fingerprint density at radius 2 is 2.04 bits per heavy atom. The van der Waals surface area contributed by atoms with E-state index in [9.17, 15) is 19.2 Å². The number of nitrogens with zero attached hydrogens (tertiary/aromatic N) is 1. The lowest BCUT2D eigenvalue weighted by molar-refractivity contribution is -0.131. The first kappa shape index (κ1) is 16.9. The van der Waals surface area contributed by atoms with Crippen molar-refractivity contribution in [2.75, 3.05) is 25.0 Å². The summed E-state index contributed by atoms with van der Waals surface area (Å²) >= 11 is 3.36. The highest BCUT2D eigenvalue weighted by molar-refractivity contribution is 9.10. The minimum absolute atomic E-state index is 0.116. The molecule has 0 spiro atoms. The minimum Gasteiger partial charge on any atom is -0.345 e. The second-order valence-corrected chi connectivity index (χ2v) is 5.78. The van der Waals surface area contributed by atoms with Gasteiger partial charge in [0.1, 0.15) is 6.54 Å². The van der Waals surface area contributed by atoms with Gasteiger partial charge in [-0.05, 0) is 30.7 Å². The zero-order chi connectivity index (χ0) is 17.0. The van der Waals surface area contributed by atoms with Gasteiger partial charge in [-0.25, -0.2) is 4.79 Å². The van der Waals surface area contributed by atoms with E-state index in [-0.39, 0.29) is 13.1 Å². The van der Waals surface area contributed by atoms with Crippen LogP contribution in [-0.2, 0) is 14.4 Å². The summed E-state index contributed by atoms with van der Waals surface area (Å²) in [5, 5.41) is 7.31. The fourth-order valence-electron chi connectivity index (χ4n) is 1.92. The van der Waals surface area contributed by atoms with E-state index in [1.54, 1.807) is 18.2 Å². The molecular weight excluding hydrogens is 368 g/mol. The molecule has 5 amide bonds. The molecular formula is C14H15BrN4O4. The molecule has 1 aliphatic rings. The average molecular weight is 383 g/mol. The summed E-state index contributed by atoms with van der Waals surface area (Å²) in [6.45, 7) is 1.11. The quantitative estimate of drug-likeness (QED) is 0.639. The summed E-state index contributed by atoms with van der Waals surface area (Å²) in [5.74, 6) is -1.46. The summed E-state index contributed by atoms with van der Waals surface area (Å²) in [6.07, 6.45) is 0. The van der Waals surface area contributed by atoms with Crippen molar-refractivity contribution in [1.29, 1.82) is 0 Å². The highest BCUT2D eigenvalue weighted by Gasteiger charge is 2.30. The van der Waals surface area contributed by atoms with Crippen LogP contribution in [0.5, 0.6) is 0 Å². The van der Waals surface area contributed by atoms with Gasteiger partial charge in [0.25, 0.3) is 5.91 Å². The Hall–Kier alpha value is -2.42. The van der Waals surface area contributed by atoms with Gasteiger partial charge in [0.2, 0.25) is 11.8 Å². The van der Waals surface area contributed by atoms with Crippen molar-refractivity contribution < 1.29 is 19.2 Å². The minimum atomic E-state index is -0.611. The Kier molecular flexibility index (Phi) is 5.32. The first-order chi connectivity index (χ1) is 10.9. The summed E-state index contributed by atoms with van der Waals surface area (Å²) in [7, 11) is 0. The molecule has 1 aliphatic heterocycles. The van der Waals surface area contributed by atoms with Crippen LogP contribution in [-0.4, -0.2) is 48.3 Å². The van der Waals surface area contributed by atoms with Crippen molar-refractivity contribution in [3.8, 4) is 0 Å². The highest BCUT2D eigenvalue weighted by Crippen LogP contribution is 2.19. The van der Waals surface area contributed by atoms with Crippen LogP contribution in [0.25, 0.3) is 0 Å². The molecule has 3 N–H and O–H groups in total. The predicted molar refractivity (Wildman–Crippen MR) is 85.6 cm³/mol. The van der Waals surface area contributed by atoms with Crippen LogP contribution in [0.2, 0.25) is 0 Å². The van der Waals surface area contributed by atoms with Gasteiger partial charge in [-0.2, -0.15) is 0 Å². The van der Waals surface area contributed by atoms with Gasteiger partial charge < -0.3 is 16.0 Å². The van der Waals surface area contributed by atoms with Crippen LogP contribution in [0.4, 0.5) is 10.5 Å². The second kappa shape index (κ2) is 7.23. The Morgan fingerprint density at radius 1 is 1.30 bits per heavy atom. The Labute approximate surface area is 140 Å². The Morgan fingerprint density at radius 3 is 2.65 bits per heavy atom. The SMILES string of the molecule is Cc1cc(NC(=O)CNC(=O)CN2C(=O)CNC2=O)ccc1Br. The third-order valence-electron chi connectivity index (χ3n) is 3.13. The zero-order valence-electron chi connectivity index (χ0n) is 12.3. The van der Waals surface area contributed by atoms with Crippen molar-refractivity contribution in [2.24, 2.45) is 0 Å². The molecule has 1 fully saturated rings. The lowest BCUT2D eigenvalue weighted by atomic mass is 10.2. The molecule has 0 unspecified atom stereocenters. The Bertz CT molecular complexity index is 661. The number of aryl methyl sites for hydroxylation is 1. The van der Waals surface area contributed by atoms with Gasteiger partial charge in [0, 0.05) is 10.2 Å². The molecule has 1 saturated heterocycles. The fourth-order valence-corrected chi connectivity index (χ4v) is 2.17. The number of halogens is 1. The zero-order valence-corrected chi connectivity index (χ0v) is 13.9. The van der Waals surface area contributed by atoms with E-state index in [1.165, 1.54) is 0 Å². The fraction of sp³-hybridized carbons (Fsp3) is 0.286. The molecule has 8 nitrogen and oxygen atoms in total. The number of benzene rings is 1. The maximum absolute atomic E-state index is 11.8. The summed E-state index contributed by atoms with van der Waals surface area (Å²) in [6, 6.07) is 4.71. The average Bonchev–Trinajstić information content (AvgIpc) is 2.81. The molecule has 2 rings (SSSR count). The van der Waals surface area contributed by atoms with Crippen molar-refractivity contribution in [3.05, 3.63) is 28.2 Å². The van der Waals surface area contributed by atoms with E-state index in [1.807, 2.05) is 6.92 Å². The monoisotopic (exact) mass is 382 g/mol. The topological polar surface area (TPSA) is 108 Å². The largest absolute Gasteiger partial charge is 0.345 e. The van der Waals surface area contributed by atoms with Crippen molar-refractivity contribution in [3.63, 3.8) is 0 Å². The second-order valence-electron chi connectivity index (χ2n) is 4.93. The highest BCUT2D eigenvalue weighted by atomic mass is 79.9. The molecule has 0 saturated carbocycles. The van der Waals surface area contributed by atoms with Crippen LogP contribution in [0.3, 0.4) is 0 Å². The predicted octanol–water partition coefficient (Wildman–Crippen LogP) is 0.364. The number of hydrogen-bond donors (Lipinski definition) is 3. The lowest BCUT2D eigenvalue weighted by Crippen LogP contribution is -2.43. The van der Waals surface area contributed by atoms with Gasteiger partial charge >= 0.3 is 6.03 Å². The molecule has 9 heteroatoms. The molecule has 1 heterocycles. The van der Waals surface area contributed by atoms with Crippen molar-refractivity contribution in [2.45, 2.75) is 6.92 Å². The molecule has 23 heavy (non-hydrogen) atoms. The van der Waals surface area contributed by atoms with E-state index >= 15 is 0 Å². The molecule has 1 aromatic rings. The summed E-state index contributed by atoms with van der Waals surface area (Å²) in [4.78, 5) is 46.9. The van der Waals surface area contributed by atoms with E-state index in [2.05, 4.69) is 31.9 Å². The molecule has 0 bridgehead atoms. The lowest BCUT2D eigenvalue weighted by Gasteiger charge is -2.12. The number of imide groups is 1. The van der Waals surface area contributed by atoms with Crippen LogP contribution in [0, 0.1) is 6.92 Å². The van der Waals surface area contributed by atoms with E-state index in [0.717, 1.165) is 14.9 Å². The van der Waals surface area contributed by atoms with Gasteiger partial charge in [-0.3, -0.25) is 19.3 Å². The standard InChI is InChI=1S/C14H15BrN4O4/c1-8-4-9(2-3-10(8)15)18-11(20)5-16-12(21)7-19-13(22)6-17-14(19)23/h2-4H,5-7H2,1H3,(H,16,21)(H,17,23)(H,18,20). The van der Waals surface area contributed by atoms with E-state index in [0.29, 0.717) is 5.69 Å². The van der Waals surface area contributed by atoms with Gasteiger partial charge in [-0.1, -0.05) is 15.9 Å². The molecule has 1 aromatic carbocycles. The summed E-state index contributed by atoms with van der Waals surface area (Å²) in [5.41, 5.74) is 1.57. The maximum Gasteiger partial charge on any atom is 0.325 e. The molecule has 0 atom stereocenters. The molecule has 122 valence electrons. The number of amides is 5. The van der Waals surface area contributed by atoms with Crippen LogP contribution < -0.4 is 16.0 Å². The van der Waals surface area contributed by atoms with E-state index < -0.39 is 30.3 Å². The maximum atomic E-state index is 11.8. The molecule has 0 aliphatic carbocycles. The first-order valence-corrected chi connectivity index (χ1v) is 7.57. The van der Waals surface area contributed by atoms with Crippen molar-refractivity contribution in [1.82, 2.24) is 15.5 Å². The number of nitrogens with one attached hydrogen (secondary N) is 3. The molecule has 0 radical (unpaired) electrons. The van der Waals surface area contributed by atoms with E-state index in [4.69, 9.17) is 0 Å². The van der Waals surface area contributed by atoms with Crippen molar-refractivity contribution >= 4 is 45.4 Å². The van der Waals surface area contributed by atoms with Crippen LogP contribution in [0.1, 0.15) is 5.56 Å². The van der Waals surface area contributed by atoms with Gasteiger partial charge in [0.15, 0.2) is 0 Å². The van der Waals surface area contributed by atoms with Gasteiger partial charge in [-0.15, -0.1) is 0 Å². The summed E-state index contributed by atoms with van der Waals surface area (Å²) < 4.78 is 0.928. The third kappa shape index (κ3) is 4.52. The van der Waals surface area contributed by atoms with Gasteiger partial charge in [0.05, 0.1) is 13.1 Å². The number of urea groups is 1. The number of carbonyl (C=O) groups is 4. The number of carbonyl (C=O) groups excluding carboxylic acids is 4. The third-order valence-corrected chi connectivity index (χ3v) is 4.02. The van der Waals surface area contributed by atoms with Crippen LogP contribution in [0.15, 0.2) is 22.7 Å². The van der Waals surface area contributed by atoms with Crippen LogP contribution >= 0.6 is 15.9 Å². The number of rotatable bonds is 5.